The number of hydrogen-bond donors (Lipinski definition) is 1. The number of nitrogens with one attached hydrogen (secondary N) is 1. The summed E-state index contributed by atoms with van der Waals surface area (Å²) < 4.78 is 25.4. The Morgan fingerprint density at radius 2 is 2.41 bits per heavy atom. The number of piperidine rings is 1. The third kappa shape index (κ3) is 3.00. The van der Waals surface area contributed by atoms with Crippen LogP contribution < -0.4 is 0 Å². The molecule has 0 spiro atoms. The van der Waals surface area contributed by atoms with E-state index < -0.39 is 10.0 Å². The maximum Gasteiger partial charge on any atom is 0.215 e. The highest BCUT2D eigenvalue weighted by Crippen LogP contribution is 2.26. The van der Waals surface area contributed by atoms with Crippen molar-refractivity contribution in [2.75, 3.05) is 24.7 Å². The normalized spacial score (nSPS) is 22.8. The molecule has 1 saturated heterocycles. The summed E-state index contributed by atoms with van der Waals surface area (Å²) in [4.78, 5) is 0. The smallest absolute Gasteiger partial charge is 0.215 e. The minimum Gasteiger partial charge on any atom is -0.282 e. The monoisotopic (exact) mass is 277 g/mol. The number of alkyl halides is 1. The van der Waals surface area contributed by atoms with Crippen molar-refractivity contribution in [3.63, 3.8) is 0 Å². The average Bonchev–Trinajstić information content (AvgIpc) is 2.82. The lowest BCUT2D eigenvalue weighted by molar-refractivity contribution is 0.313. The fourth-order valence-corrected chi connectivity index (χ4v) is 4.02. The van der Waals surface area contributed by atoms with Gasteiger partial charge in [0.1, 0.15) is 0 Å². The van der Waals surface area contributed by atoms with Gasteiger partial charge >= 0.3 is 0 Å². The average molecular weight is 278 g/mol. The number of aromatic amines is 1. The summed E-state index contributed by atoms with van der Waals surface area (Å²) in [5.41, 5.74) is 1.01. The van der Waals surface area contributed by atoms with Crippen molar-refractivity contribution in [2.45, 2.75) is 18.8 Å². The second-order valence-electron chi connectivity index (χ2n) is 4.21. The summed E-state index contributed by atoms with van der Waals surface area (Å²) in [6, 6.07) is 1.91. The highest BCUT2D eigenvalue weighted by Gasteiger charge is 2.29. The predicted molar refractivity (Wildman–Crippen MR) is 66.6 cm³/mol. The lowest BCUT2D eigenvalue weighted by Gasteiger charge is -2.31. The standard InChI is InChI=1S/C10H16ClN3O2S/c11-4-7-17(15,16)14-6-1-2-9(8-14)10-3-5-12-13-10/h3,5,9H,1-2,4,6-8H2,(H,12,13). The fraction of sp³-hybridized carbons (Fsp3) is 0.700. The van der Waals surface area contributed by atoms with Crippen molar-refractivity contribution in [3.05, 3.63) is 18.0 Å². The molecular weight excluding hydrogens is 262 g/mol. The van der Waals surface area contributed by atoms with E-state index in [9.17, 15) is 8.42 Å². The summed E-state index contributed by atoms with van der Waals surface area (Å²) >= 11 is 5.52. The third-order valence-corrected chi connectivity index (χ3v) is 5.33. The zero-order chi connectivity index (χ0) is 12.3. The van der Waals surface area contributed by atoms with Crippen molar-refractivity contribution in [1.29, 1.82) is 0 Å². The minimum atomic E-state index is -3.19. The molecule has 0 radical (unpaired) electrons. The summed E-state index contributed by atoms with van der Waals surface area (Å²) in [6.45, 7) is 1.13. The number of halogens is 1. The Kier molecular flexibility index (Phi) is 4.06. The highest BCUT2D eigenvalue weighted by molar-refractivity contribution is 7.89. The molecule has 0 aromatic carbocycles. The zero-order valence-corrected chi connectivity index (χ0v) is 11.0. The van der Waals surface area contributed by atoms with Crippen molar-refractivity contribution in [1.82, 2.24) is 14.5 Å². The molecule has 1 aromatic heterocycles. The Hall–Kier alpha value is -0.590. The van der Waals surface area contributed by atoms with Crippen molar-refractivity contribution in [3.8, 4) is 0 Å². The molecule has 2 rings (SSSR count). The molecule has 1 aromatic rings. The van der Waals surface area contributed by atoms with E-state index in [-0.39, 0.29) is 17.6 Å². The van der Waals surface area contributed by atoms with Crippen LogP contribution in [0.15, 0.2) is 12.3 Å². The van der Waals surface area contributed by atoms with Gasteiger partial charge in [0, 0.05) is 36.8 Å². The van der Waals surface area contributed by atoms with Crippen LogP contribution in [0.4, 0.5) is 0 Å². The molecule has 17 heavy (non-hydrogen) atoms. The molecule has 96 valence electrons. The predicted octanol–water partition coefficient (Wildman–Crippen LogP) is 1.16. The van der Waals surface area contributed by atoms with Crippen LogP contribution in [0.5, 0.6) is 0 Å². The molecule has 0 saturated carbocycles. The molecule has 1 atom stereocenters. The molecular formula is C10H16ClN3O2S. The zero-order valence-electron chi connectivity index (χ0n) is 9.47. The topological polar surface area (TPSA) is 66.1 Å². The van der Waals surface area contributed by atoms with E-state index in [0.717, 1.165) is 18.5 Å². The van der Waals surface area contributed by atoms with Crippen LogP contribution in [-0.4, -0.2) is 47.6 Å². The van der Waals surface area contributed by atoms with E-state index in [0.29, 0.717) is 13.1 Å². The minimum absolute atomic E-state index is 0.0181. The van der Waals surface area contributed by atoms with E-state index in [4.69, 9.17) is 11.6 Å². The van der Waals surface area contributed by atoms with Crippen molar-refractivity contribution >= 4 is 21.6 Å². The van der Waals surface area contributed by atoms with Crippen LogP contribution in [0.1, 0.15) is 24.5 Å². The second-order valence-corrected chi connectivity index (χ2v) is 6.68. The number of hydrogen-bond acceptors (Lipinski definition) is 3. The lowest BCUT2D eigenvalue weighted by atomic mass is 9.96. The van der Waals surface area contributed by atoms with Crippen LogP contribution >= 0.6 is 11.6 Å². The van der Waals surface area contributed by atoms with Crippen LogP contribution in [-0.2, 0) is 10.0 Å². The molecule has 1 N–H and O–H groups in total. The summed E-state index contributed by atoms with van der Waals surface area (Å²) in [5, 5.41) is 6.82. The molecule has 7 heteroatoms. The van der Waals surface area contributed by atoms with Gasteiger partial charge in [0.25, 0.3) is 0 Å². The van der Waals surface area contributed by atoms with Crippen molar-refractivity contribution < 1.29 is 8.42 Å². The molecule has 0 amide bonds. The van der Waals surface area contributed by atoms with E-state index >= 15 is 0 Å². The Morgan fingerprint density at radius 3 is 3.06 bits per heavy atom. The Morgan fingerprint density at radius 1 is 1.59 bits per heavy atom. The van der Waals surface area contributed by atoms with Crippen molar-refractivity contribution in [2.24, 2.45) is 0 Å². The largest absolute Gasteiger partial charge is 0.282 e. The molecule has 5 nitrogen and oxygen atoms in total. The second kappa shape index (κ2) is 5.37. The number of sulfonamides is 1. The molecule has 2 heterocycles. The van der Waals surface area contributed by atoms with Gasteiger partial charge in [0.05, 0.1) is 5.75 Å². The quantitative estimate of drug-likeness (QED) is 0.840. The number of aromatic nitrogens is 2. The van der Waals surface area contributed by atoms with Gasteiger partial charge in [-0.05, 0) is 18.9 Å². The van der Waals surface area contributed by atoms with E-state index in [2.05, 4.69) is 10.2 Å². The first-order valence-corrected chi connectivity index (χ1v) is 7.81. The van der Waals surface area contributed by atoms with Gasteiger partial charge in [-0.1, -0.05) is 0 Å². The van der Waals surface area contributed by atoms with Gasteiger partial charge in [-0.15, -0.1) is 11.6 Å². The van der Waals surface area contributed by atoms with Crippen LogP contribution in [0.2, 0.25) is 0 Å². The molecule has 1 aliphatic heterocycles. The van der Waals surface area contributed by atoms with Gasteiger partial charge in [0.2, 0.25) is 10.0 Å². The van der Waals surface area contributed by atoms with Gasteiger partial charge in [-0.3, -0.25) is 5.10 Å². The molecule has 1 unspecified atom stereocenters. The highest BCUT2D eigenvalue weighted by atomic mass is 35.5. The van der Waals surface area contributed by atoms with Gasteiger partial charge in [-0.2, -0.15) is 5.10 Å². The molecule has 1 aliphatic rings. The fourth-order valence-electron chi connectivity index (χ4n) is 2.17. The first-order chi connectivity index (χ1) is 8.13. The van der Waals surface area contributed by atoms with Crippen LogP contribution in [0.25, 0.3) is 0 Å². The first kappa shape index (κ1) is 12.9. The van der Waals surface area contributed by atoms with Gasteiger partial charge in [-0.25, -0.2) is 12.7 Å². The Labute approximate surface area is 106 Å². The first-order valence-electron chi connectivity index (χ1n) is 5.66. The van der Waals surface area contributed by atoms with Crippen LogP contribution in [0, 0.1) is 0 Å². The number of H-pyrrole nitrogens is 1. The third-order valence-electron chi connectivity index (χ3n) is 3.07. The molecule has 0 aliphatic carbocycles. The maximum absolute atomic E-state index is 11.9. The van der Waals surface area contributed by atoms with Gasteiger partial charge < -0.3 is 0 Å². The molecule has 1 fully saturated rings. The number of nitrogens with zero attached hydrogens (tertiary/aromatic N) is 2. The van der Waals surface area contributed by atoms with E-state index in [1.807, 2.05) is 6.07 Å². The van der Waals surface area contributed by atoms with Crippen LogP contribution in [0.3, 0.4) is 0 Å². The Balaban J connectivity index is 2.07. The summed E-state index contributed by atoms with van der Waals surface area (Å²) in [5.74, 6) is 0.383. The number of rotatable bonds is 4. The van der Waals surface area contributed by atoms with Gasteiger partial charge in [0.15, 0.2) is 0 Å². The molecule has 0 bridgehead atoms. The summed E-state index contributed by atoms with van der Waals surface area (Å²) in [6.07, 6.45) is 3.57. The van der Waals surface area contributed by atoms with E-state index in [1.165, 1.54) is 0 Å². The maximum atomic E-state index is 11.9. The SMILES string of the molecule is O=S(=O)(CCCl)N1CCCC(c2ccn[nH]2)C1. The Bertz CT molecular complexity index is 446. The lowest BCUT2D eigenvalue weighted by Crippen LogP contribution is -2.40. The van der Waals surface area contributed by atoms with E-state index in [1.54, 1.807) is 10.5 Å². The summed E-state index contributed by atoms with van der Waals surface area (Å²) in [7, 11) is -3.19.